The van der Waals surface area contributed by atoms with E-state index in [2.05, 4.69) is 0 Å². The maximum absolute atomic E-state index is 13.0. The average molecular weight is 423 g/mol. The molecule has 0 fully saturated rings. The van der Waals surface area contributed by atoms with Gasteiger partial charge in [-0.05, 0) is 12.1 Å². The molecule has 0 amide bonds. The number of fused-ring (bicyclic) bond motifs is 1. The largest absolute Gasteiger partial charge is 0.475 e. The number of furan rings is 1. The predicted octanol–water partition coefficient (Wildman–Crippen LogP) is 3.31. The van der Waals surface area contributed by atoms with E-state index < -0.39 is 40.5 Å². The molecule has 142 valence electrons. The number of carboxylic acid groups (broad SMARTS) is 1. The van der Waals surface area contributed by atoms with Gasteiger partial charge in [0, 0.05) is 23.5 Å². The Morgan fingerprint density at radius 2 is 1.81 bits per heavy atom. The first-order chi connectivity index (χ1) is 12.4. The van der Waals surface area contributed by atoms with Gasteiger partial charge in [0.2, 0.25) is 5.76 Å². The number of aromatic carboxylic acids is 1. The van der Waals surface area contributed by atoms with Crippen LogP contribution in [0.15, 0.2) is 32.2 Å². The van der Waals surface area contributed by atoms with Crippen LogP contribution in [0.3, 0.4) is 0 Å². The summed E-state index contributed by atoms with van der Waals surface area (Å²) in [6.07, 6.45) is -4.97. The van der Waals surface area contributed by atoms with E-state index in [-0.39, 0.29) is 36.2 Å². The Hall–Kier alpha value is -2.72. The fourth-order valence-corrected chi connectivity index (χ4v) is 3.12. The van der Waals surface area contributed by atoms with Crippen molar-refractivity contribution >= 4 is 40.1 Å². The first-order valence-corrected chi connectivity index (χ1v) is 7.74. The van der Waals surface area contributed by atoms with E-state index in [1.165, 1.54) is 12.1 Å². The molecule has 0 bridgehead atoms. The quantitative estimate of drug-likeness (QED) is 0.683. The number of carbonyl (C=O) groups is 1. The third kappa shape index (κ3) is 3.00. The van der Waals surface area contributed by atoms with E-state index in [0.717, 1.165) is 7.05 Å². The van der Waals surface area contributed by atoms with Crippen molar-refractivity contribution in [2.45, 2.75) is 6.18 Å². The first-order valence-electron chi connectivity index (χ1n) is 6.99. The summed E-state index contributed by atoms with van der Waals surface area (Å²) in [5.74, 6) is -2.52. The summed E-state index contributed by atoms with van der Waals surface area (Å²) < 4.78 is 44.5. The predicted molar refractivity (Wildman–Crippen MR) is 89.0 cm³/mol. The van der Waals surface area contributed by atoms with Gasteiger partial charge in [-0.25, -0.2) is 14.2 Å². The molecule has 0 aliphatic rings. The fourth-order valence-electron chi connectivity index (χ4n) is 2.58. The Kier molecular flexibility index (Phi) is 4.35. The van der Waals surface area contributed by atoms with E-state index in [1.807, 2.05) is 0 Å². The van der Waals surface area contributed by atoms with Gasteiger partial charge < -0.3 is 9.52 Å². The van der Waals surface area contributed by atoms with Gasteiger partial charge in [0.05, 0.1) is 5.02 Å². The van der Waals surface area contributed by atoms with Crippen molar-refractivity contribution in [3.8, 4) is 5.69 Å². The Morgan fingerprint density at radius 1 is 1.19 bits per heavy atom. The molecular weight excluding hydrogens is 416 g/mol. The minimum absolute atomic E-state index is 0.0308. The third-order valence-corrected chi connectivity index (χ3v) is 4.21. The van der Waals surface area contributed by atoms with E-state index in [1.54, 1.807) is 0 Å². The summed E-state index contributed by atoms with van der Waals surface area (Å²) in [5, 5.41) is 9.15. The first kappa shape index (κ1) is 19.1. The van der Waals surface area contributed by atoms with Crippen LogP contribution in [0.5, 0.6) is 0 Å². The Morgan fingerprint density at radius 3 is 2.37 bits per heavy atom. The lowest BCUT2D eigenvalue weighted by atomic mass is 10.2. The Bertz CT molecular complexity index is 1220. The highest BCUT2D eigenvalue weighted by Crippen LogP contribution is 2.36. The van der Waals surface area contributed by atoms with E-state index in [0.29, 0.717) is 0 Å². The van der Waals surface area contributed by atoms with Crippen LogP contribution in [-0.2, 0) is 13.2 Å². The van der Waals surface area contributed by atoms with Gasteiger partial charge in [0.1, 0.15) is 11.4 Å². The molecule has 1 aromatic carbocycles. The number of nitrogens with zero attached hydrogens (tertiary/aromatic N) is 2. The topological polar surface area (TPSA) is 94.4 Å². The fraction of sp³-hybridized carbons (Fsp3) is 0.133. The molecule has 0 atom stereocenters. The number of hydrogen-bond acceptors (Lipinski definition) is 4. The van der Waals surface area contributed by atoms with Crippen LogP contribution in [0.4, 0.5) is 13.2 Å². The molecule has 2 heterocycles. The lowest BCUT2D eigenvalue weighted by molar-refractivity contribution is -0.144. The smallest absolute Gasteiger partial charge is 0.431 e. The number of alkyl halides is 3. The summed E-state index contributed by atoms with van der Waals surface area (Å²) >= 11 is 11.8. The molecule has 3 aromatic rings. The molecule has 12 heteroatoms. The highest BCUT2D eigenvalue weighted by Gasteiger charge is 2.36. The molecule has 0 aliphatic carbocycles. The number of carboxylic acids is 1. The van der Waals surface area contributed by atoms with Crippen LogP contribution in [0.2, 0.25) is 10.0 Å². The van der Waals surface area contributed by atoms with Crippen LogP contribution >= 0.6 is 23.2 Å². The minimum Gasteiger partial charge on any atom is -0.475 e. The second-order valence-corrected chi connectivity index (χ2v) is 6.24. The summed E-state index contributed by atoms with van der Waals surface area (Å²) in [5.41, 5.74) is -5.07. The van der Waals surface area contributed by atoms with Crippen molar-refractivity contribution in [3.05, 3.63) is 60.5 Å². The van der Waals surface area contributed by atoms with Crippen molar-refractivity contribution in [1.29, 1.82) is 0 Å². The standard InChI is InChI=1S/C15H7Cl2F3N2O5/c1-21-8(15(18,19)20)4-9(23)22(14(21)26)10-6-2-5(16)3-7(17)11(6)27-12(10)13(24)25/h2-4H,1H3,(H,24,25). The van der Waals surface area contributed by atoms with Crippen LogP contribution < -0.4 is 11.2 Å². The molecule has 0 aliphatic heterocycles. The molecule has 0 saturated heterocycles. The van der Waals surface area contributed by atoms with Crippen LogP contribution in [0, 0.1) is 0 Å². The number of aromatic nitrogens is 2. The van der Waals surface area contributed by atoms with Gasteiger partial charge >= 0.3 is 17.8 Å². The second kappa shape index (κ2) is 6.17. The van der Waals surface area contributed by atoms with E-state index >= 15 is 0 Å². The number of hydrogen-bond donors (Lipinski definition) is 1. The number of halogens is 5. The SMILES string of the molecule is Cn1c(C(F)(F)F)cc(=O)n(-c2c(C(=O)O)oc3c(Cl)cc(Cl)cc23)c1=O. The van der Waals surface area contributed by atoms with Crippen LogP contribution in [0.1, 0.15) is 16.2 Å². The molecule has 0 saturated carbocycles. The van der Waals surface area contributed by atoms with Gasteiger partial charge in [-0.1, -0.05) is 23.2 Å². The molecule has 0 spiro atoms. The maximum atomic E-state index is 13.0. The van der Waals surface area contributed by atoms with Gasteiger partial charge in [-0.15, -0.1) is 0 Å². The summed E-state index contributed by atoms with van der Waals surface area (Å²) in [4.78, 5) is 36.3. The minimum atomic E-state index is -4.97. The molecular formula is C15H7Cl2F3N2O5. The van der Waals surface area contributed by atoms with Crippen molar-refractivity contribution in [2.75, 3.05) is 0 Å². The van der Waals surface area contributed by atoms with Crippen molar-refractivity contribution in [2.24, 2.45) is 7.05 Å². The van der Waals surface area contributed by atoms with Crippen molar-refractivity contribution in [3.63, 3.8) is 0 Å². The number of rotatable bonds is 2. The van der Waals surface area contributed by atoms with Gasteiger partial charge in [-0.2, -0.15) is 13.2 Å². The zero-order valence-corrected chi connectivity index (χ0v) is 14.6. The summed E-state index contributed by atoms with van der Waals surface area (Å²) in [6.45, 7) is 0. The molecule has 0 radical (unpaired) electrons. The lowest BCUT2D eigenvalue weighted by Crippen LogP contribution is -2.41. The lowest BCUT2D eigenvalue weighted by Gasteiger charge is -2.13. The summed E-state index contributed by atoms with van der Waals surface area (Å²) in [7, 11) is 0.795. The van der Waals surface area contributed by atoms with Crippen molar-refractivity contribution in [1.82, 2.24) is 9.13 Å². The highest BCUT2D eigenvalue weighted by atomic mass is 35.5. The maximum Gasteiger partial charge on any atom is 0.431 e. The third-order valence-electron chi connectivity index (χ3n) is 3.71. The Balaban J connectivity index is 2.52. The van der Waals surface area contributed by atoms with Crippen LogP contribution in [0.25, 0.3) is 16.7 Å². The molecule has 2 aromatic heterocycles. The Labute approximate surface area is 156 Å². The highest BCUT2D eigenvalue weighted by molar-refractivity contribution is 6.38. The van der Waals surface area contributed by atoms with Gasteiger partial charge in [0.15, 0.2) is 5.58 Å². The normalized spacial score (nSPS) is 11.9. The van der Waals surface area contributed by atoms with Crippen molar-refractivity contribution < 1.29 is 27.5 Å². The zero-order valence-electron chi connectivity index (χ0n) is 13.1. The molecule has 3 rings (SSSR count). The number of benzene rings is 1. The molecule has 1 N–H and O–H groups in total. The van der Waals surface area contributed by atoms with Gasteiger partial charge in [0.25, 0.3) is 5.56 Å². The second-order valence-electron chi connectivity index (χ2n) is 5.39. The average Bonchev–Trinajstić information content (AvgIpc) is 2.90. The molecule has 7 nitrogen and oxygen atoms in total. The monoisotopic (exact) mass is 422 g/mol. The van der Waals surface area contributed by atoms with Gasteiger partial charge in [-0.3, -0.25) is 9.36 Å². The summed E-state index contributed by atoms with van der Waals surface area (Å²) in [6, 6.07) is 2.59. The molecule has 27 heavy (non-hydrogen) atoms. The van der Waals surface area contributed by atoms with E-state index in [9.17, 15) is 32.7 Å². The van der Waals surface area contributed by atoms with E-state index in [4.69, 9.17) is 27.6 Å². The zero-order chi connectivity index (χ0) is 20.3. The van der Waals surface area contributed by atoms with Crippen LogP contribution in [-0.4, -0.2) is 20.2 Å². The molecule has 0 unspecified atom stereocenters.